The number of ether oxygens (including phenoxy) is 2. The molecule has 8 N–H and O–H groups in total. The lowest BCUT2D eigenvalue weighted by Gasteiger charge is -2.47. The predicted molar refractivity (Wildman–Crippen MR) is 277 cm³/mol. The fourth-order valence-electron chi connectivity index (χ4n) is 9.07. The number of carbonyl (C=O) groups excluding carboxylic acids is 6. The normalized spacial score (nSPS) is 19.0. The van der Waals surface area contributed by atoms with Crippen LogP contribution in [-0.2, 0) is 28.7 Å². The highest BCUT2D eigenvalue weighted by molar-refractivity contribution is 7.99. The highest BCUT2D eigenvalue weighted by Gasteiger charge is 2.43. The lowest BCUT2D eigenvalue weighted by atomic mass is 9.72. The average molecular weight is 992 g/mol. The highest BCUT2D eigenvalue weighted by Crippen LogP contribution is 2.39. The molecular weight excluding hydrogens is 907 g/mol. The molecule has 0 aromatic heterocycles. The van der Waals surface area contributed by atoms with Gasteiger partial charge in [-0.3, -0.25) is 33.7 Å². The van der Waals surface area contributed by atoms with Gasteiger partial charge in [0.05, 0.1) is 24.2 Å². The van der Waals surface area contributed by atoms with E-state index in [4.69, 9.17) is 20.9 Å². The summed E-state index contributed by atoms with van der Waals surface area (Å²) in [7, 11) is 0. The van der Waals surface area contributed by atoms with Gasteiger partial charge < -0.3 is 42.2 Å². The SMILES string of the molecule is Cc1c(OC(=O)CCCCCNC(=O)[C@@H](N)C(C)C)cccc1C(=O)N[C@@H](CSc1ccccc1)[C@@H](CN1C[C@H]2CCCC[C@H]2C[C@H]1C(=O)NC(C)(C)C)OC(=O)CCCCCNC(=O)[C@@H](N)C(C)C. The third-order valence-electron chi connectivity index (χ3n) is 13.4. The molecule has 2 fully saturated rings. The molecule has 0 spiro atoms. The maximum absolute atomic E-state index is 14.6. The molecule has 70 heavy (non-hydrogen) atoms. The van der Waals surface area contributed by atoms with E-state index in [1.54, 1.807) is 25.1 Å². The van der Waals surface area contributed by atoms with E-state index in [1.807, 2.05) is 78.8 Å². The second-order valence-corrected chi connectivity index (χ2v) is 22.2. The van der Waals surface area contributed by atoms with Crippen LogP contribution in [-0.4, -0.2) is 108 Å². The van der Waals surface area contributed by atoms with Crippen molar-refractivity contribution < 1.29 is 38.2 Å². The Morgan fingerprint density at radius 3 is 1.93 bits per heavy atom. The van der Waals surface area contributed by atoms with Crippen molar-refractivity contribution in [2.24, 2.45) is 35.1 Å². The number of rotatable bonds is 27. The van der Waals surface area contributed by atoms with Crippen LogP contribution in [0.4, 0.5) is 0 Å². The Morgan fingerprint density at radius 1 is 0.757 bits per heavy atom. The first-order valence-electron chi connectivity index (χ1n) is 25.8. The first kappa shape index (κ1) is 58.1. The van der Waals surface area contributed by atoms with Crippen LogP contribution in [0.15, 0.2) is 53.4 Å². The number of nitrogens with one attached hydrogen (secondary N) is 4. The number of amides is 4. The molecule has 7 atom stereocenters. The van der Waals surface area contributed by atoms with E-state index < -0.39 is 53.7 Å². The fourth-order valence-corrected chi connectivity index (χ4v) is 10.1. The summed E-state index contributed by atoms with van der Waals surface area (Å²) in [6.07, 6.45) is 8.45. The molecule has 1 heterocycles. The molecule has 2 aromatic carbocycles. The summed E-state index contributed by atoms with van der Waals surface area (Å²) in [6, 6.07) is 12.6. The van der Waals surface area contributed by atoms with Crippen LogP contribution < -0.4 is 37.5 Å². The summed E-state index contributed by atoms with van der Waals surface area (Å²) in [4.78, 5) is 83.5. The molecule has 0 unspecified atom stereocenters. The molecule has 4 amide bonds. The molecule has 1 aliphatic carbocycles. The first-order valence-corrected chi connectivity index (χ1v) is 26.8. The van der Waals surface area contributed by atoms with Gasteiger partial charge in [0.1, 0.15) is 11.9 Å². The molecule has 1 saturated carbocycles. The summed E-state index contributed by atoms with van der Waals surface area (Å²) < 4.78 is 12.3. The molecule has 390 valence electrons. The van der Waals surface area contributed by atoms with Crippen molar-refractivity contribution in [2.45, 2.75) is 180 Å². The lowest BCUT2D eigenvalue weighted by molar-refractivity contribution is -0.153. The molecule has 1 aliphatic heterocycles. The van der Waals surface area contributed by atoms with Gasteiger partial charge in [-0.2, -0.15) is 0 Å². The number of nitrogens with zero attached hydrogens (tertiary/aromatic N) is 1. The zero-order valence-electron chi connectivity index (χ0n) is 43.3. The zero-order chi connectivity index (χ0) is 51.4. The Morgan fingerprint density at radius 2 is 1.34 bits per heavy atom. The maximum Gasteiger partial charge on any atom is 0.311 e. The number of benzene rings is 2. The number of carbonyl (C=O) groups is 6. The minimum atomic E-state index is -0.837. The van der Waals surface area contributed by atoms with Crippen LogP contribution in [0.3, 0.4) is 0 Å². The van der Waals surface area contributed by atoms with E-state index in [9.17, 15) is 28.8 Å². The molecule has 1 saturated heterocycles. The Hall–Kier alpha value is -4.51. The Balaban J connectivity index is 1.55. The quantitative estimate of drug-likeness (QED) is 0.0235. The van der Waals surface area contributed by atoms with Crippen LogP contribution in [0.5, 0.6) is 5.75 Å². The van der Waals surface area contributed by atoms with Crippen molar-refractivity contribution in [1.29, 1.82) is 0 Å². The van der Waals surface area contributed by atoms with E-state index in [1.165, 1.54) is 11.8 Å². The van der Waals surface area contributed by atoms with Gasteiger partial charge in [-0.15, -0.1) is 11.8 Å². The summed E-state index contributed by atoms with van der Waals surface area (Å²) in [5.41, 5.74) is 12.3. The topological polar surface area (TPSA) is 224 Å². The second kappa shape index (κ2) is 29.1. The van der Waals surface area contributed by atoms with Crippen LogP contribution in [0.25, 0.3) is 0 Å². The fraction of sp³-hybridized carbons (Fsp3) is 0.667. The minimum Gasteiger partial charge on any atom is -0.459 e. The van der Waals surface area contributed by atoms with Crippen LogP contribution >= 0.6 is 11.8 Å². The largest absolute Gasteiger partial charge is 0.459 e. The van der Waals surface area contributed by atoms with Crippen molar-refractivity contribution >= 4 is 47.3 Å². The van der Waals surface area contributed by atoms with E-state index in [0.717, 1.165) is 30.6 Å². The summed E-state index contributed by atoms with van der Waals surface area (Å²) in [6.45, 7) is 17.1. The second-order valence-electron chi connectivity index (χ2n) is 21.1. The highest BCUT2D eigenvalue weighted by atomic mass is 32.2. The van der Waals surface area contributed by atoms with Crippen molar-refractivity contribution in [3.05, 3.63) is 59.7 Å². The number of hydrogen-bond acceptors (Lipinski definition) is 12. The van der Waals surface area contributed by atoms with E-state index >= 15 is 0 Å². The number of piperidine rings is 1. The van der Waals surface area contributed by atoms with Crippen LogP contribution in [0.2, 0.25) is 0 Å². The molecule has 16 heteroatoms. The van der Waals surface area contributed by atoms with Gasteiger partial charge in [0.2, 0.25) is 17.7 Å². The van der Waals surface area contributed by atoms with Gasteiger partial charge >= 0.3 is 11.9 Å². The summed E-state index contributed by atoms with van der Waals surface area (Å²) >= 11 is 1.54. The Bertz CT molecular complexity index is 2000. The number of unbranched alkanes of at least 4 members (excludes halogenated alkanes) is 4. The number of esters is 2. The molecule has 2 aliphatic rings. The Labute approximate surface area is 422 Å². The van der Waals surface area contributed by atoms with Crippen LogP contribution in [0, 0.1) is 30.6 Å². The minimum absolute atomic E-state index is 0.0225. The van der Waals surface area contributed by atoms with Crippen molar-refractivity contribution in [1.82, 2.24) is 26.2 Å². The Kier molecular flexibility index (Phi) is 24.2. The van der Waals surface area contributed by atoms with Crippen molar-refractivity contribution in [2.75, 3.05) is 31.9 Å². The number of hydrogen-bond donors (Lipinski definition) is 6. The lowest BCUT2D eigenvalue weighted by Crippen LogP contribution is -2.61. The van der Waals surface area contributed by atoms with Crippen molar-refractivity contribution in [3.63, 3.8) is 0 Å². The zero-order valence-corrected chi connectivity index (χ0v) is 44.1. The molecule has 15 nitrogen and oxygen atoms in total. The monoisotopic (exact) mass is 992 g/mol. The molecule has 0 radical (unpaired) electrons. The van der Waals surface area contributed by atoms with E-state index in [-0.39, 0.29) is 54.7 Å². The molecule has 2 aromatic rings. The van der Waals surface area contributed by atoms with Gasteiger partial charge in [0.25, 0.3) is 5.91 Å². The van der Waals surface area contributed by atoms with Crippen molar-refractivity contribution in [3.8, 4) is 5.75 Å². The van der Waals surface area contributed by atoms with Gasteiger partial charge in [0, 0.05) is 66.3 Å². The molecule has 0 bridgehead atoms. The van der Waals surface area contributed by atoms with Gasteiger partial charge in [0.15, 0.2) is 0 Å². The van der Waals surface area contributed by atoms with Gasteiger partial charge in [-0.25, -0.2) is 0 Å². The van der Waals surface area contributed by atoms with E-state index in [2.05, 4.69) is 26.2 Å². The molecular formula is C54H85N7O8S. The number of nitrogens with two attached hydrogens (primary N) is 2. The smallest absolute Gasteiger partial charge is 0.311 e. The standard InChI is InChI=1S/C54H85N7O8S/c1-35(2)48(55)52(66)57-29-18-10-14-27-46(62)68-44-26-20-25-41(37(44)5)50(64)59-42(34-70-40-23-12-9-13-24-40)45(69-47(63)28-15-11-19-30-58-53(67)49(56)36(3)4)33-61-32-39-22-17-16-21-38(39)31-43(61)51(65)60-54(6,7)8/h9,12-13,20,23-26,35-36,38-39,42-43,45,48-49H,10-11,14-19,21-22,27-34,55-56H2,1-8H3,(H,57,66)(H,58,67)(H,59,64)(H,60,65)/t38-,39+,42-,43-,45+,48-,49-/m0/s1. The van der Waals surface area contributed by atoms with Gasteiger partial charge in [-0.05, 0) is 114 Å². The number of fused-ring (bicyclic) bond motifs is 1. The summed E-state index contributed by atoms with van der Waals surface area (Å²) in [5, 5.41) is 12.2. The maximum atomic E-state index is 14.6. The predicted octanol–water partition coefficient (Wildman–Crippen LogP) is 6.82. The molecule has 4 rings (SSSR count). The third-order valence-corrected chi connectivity index (χ3v) is 14.6. The summed E-state index contributed by atoms with van der Waals surface area (Å²) in [5.74, 6) is -0.166. The van der Waals surface area contributed by atoms with Crippen LogP contribution in [0.1, 0.15) is 148 Å². The van der Waals surface area contributed by atoms with E-state index in [0.29, 0.717) is 93.3 Å². The average Bonchev–Trinajstić information content (AvgIpc) is 3.31. The number of likely N-dealkylation sites (tertiary alicyclic amines) is 1. The first-order chi connectivity index (χ1) is 33.2. The third kappa shape index (κ3) is 19.6. The van der Waals surface area contributed by atoms with Gasteiger partial charge in [-0.1, -0.05) is 84.1 Å². The number of thioether (sulfide) groups is 1.